The molecule has 1 saturated carbocycles. The largest absolute Gasteiger partial charge is 0.382 e. The van der Waals surface area contributed by atoms with Gasteiger partial charge in [0.05, 0.1) is 11.1 Å². The molecule has 0 aliphatic heterocycles. The maximum atomic E-state index is 9.02. The van der Waals surface area contributed by atoms with Gasteiger partial charge in [-0.3, -0.25) is 0 Å². The molecule has 0 spiro atoms. The second-order valence-corrected chi connectivity index (χ2v) is 6.07. The van der Waals surface area contributed by atoms with Crippen LogP contribution in [0.2, 0.25) is 0 Å². The molecule has 2 rings (SSSR count). The molecular weight excluding hydrogens is 234 g/mol. The molecule has 0 heterocycles. The monoisotopic (exact) mass is 253 g/mol. The van der Waals surface area contributed by atoms with Crippen LogP contribution in [0.1, 0.15) is 50.7 Å². The summed E-state index contributed by atoms with van der Waals surface area (Å²) in [6.07, 6.45) is 4.78. The molecule has 1 aromatic rings. The number of anilines is 1. The molecule has 1 aliphatic rings. The normalized spacial score (nSPS) is 18.3. The average molecular weight is 253 g/mol. The first-order valence-electron chi connectivity index (χ1n) is 6.75. The van der Waals surface area contributed by atoms with Crippen LogP contribution in [0.3, 0.4) is 0 Å². The fraction of sp³-hybridized carbons (Fsp3) is 0.500. The van der Waals surface area contributed by atoms with Crippen LogP contribution >= 0.6 is 0 Å². The minimum Gasteiger partial charge on any atom is -0.382 e. The van der Waals surface area contributed by atoms with E-state index in [0.29, 0.717) is 22.6 Å². The summed E-state index contributed by atoms with van der Waals surface area (Å²) in [6.45, 7) is 4.64. The Morgan fingerprint density at radius 1 is 1.11 bits per heavy atom. The lowest BCUT2D eigenvalue weighted by atomic mass is 9.75. The van der Waals surface area contributed by atoms with E-state index >= 15 is 0 Å². The third kappa shape index (κ3) is 3.26. The van der Waals surface area contributed by atoms with Crippen molar-refractivity contribution in [2.45, 2.75) is 45.6 Å². The van der Waals surface area contributed by atoms with Crippen LogP contribution < -0.4 is 5.32 Å². The first-order chi connectivity index (χ1) is 9.04. The third-order valence-corrected chi connectivity index (χ3v) is 3.97. The van der Waals surface area contributed by atoms with E-state index in [-0.39, 0.29) is 0 Å². The molecule has 0 radical (unpaired) electrons. The Labute approximate surface area is 114 Å². The summed E-state index contributed by atoms with van der Waals surface area (Å²) in [7, 11) is 0. The van der Waals surface area contributed by atoms with E-state index in [4.69, 9.17) is 10.5 Å². The van der Waals surface area contributed by atoms with Crippen molar-refractivity contribution in [3.8, 4) is 12.1 Å². The zero-order valence-electron chi connectivity index (χ0n) is 11.5. The highest BCUT2D eigenvalue weighted by Gasteiger charge is 2.26. The van der Waals surface area contributed by atoms with Gasteiger partial charge < -0.3 is 5.32 Å². The molecule has 0 amide bonds. The van der Waals surface area contributed by atoms with Gasteiger partial charge in [-0.15, -0.1) is 0 Å². The maximum Gasteiger partial charge on any atom is 0.101 e. The Morgan fingerprint density at radius 2 is 1.74 bits per heavy atom. The van der Waals surface area contributed by atoms with Crippen molar-refractivity contribution in [1.29, 1.82) is 10.5 Å². The highest BCUT2D eigenvalue weighted by atomic mass is 14.9. The number of nitriles is 2. The highest BCUT2D eigenvalue weighted by molar-refractivity contribution is 5.56. The van der Waals surface area contributed by atoms with Crippen molar-refractivity contribution in [3.05, 3.63) is 29.3 Å². The van der Waals surface area contributed by atoms with Gasteiger partial charge >= 0.3 is 0 Å². The molecule has 98 valence electrons. The minimum atomic E-state index is 0.442. The molecule has 0 unspecified atom stereocenters. The summed E-state index contributed by atoms with van der Waals surface area (Å²) in [4.78, 5) is 0. The predicted molar refractivity (Wildman–Crippen MR) is 75.5 cm³/mol. The van der Waals surface area contributed by atoms with Crippen LogP contribution in [0.5, 0.6) is 0 Å². The fourth-order valence-corrected chi connectivity index (χ4v) is 2.60. The number of hydrogen-bond acceptors (Lipinski definition) is 3. The predicted octanol–water partition coefficient (Wildman–Crippen LogP) is 3.81. The van der Waals surface area contributed by atoms with Crippen molar-refractivity contribution < 1.29 is 0 Å². The smallest absolute Gasteiger partial charge is 0.101 e. The van der Waals surface area contributed by atoms with Crippen LogP contribution in [0.25, 0.3) is 0 Å². The first kappa shape index (κ1) is 13.4. The lowest BCUT2D eigenvalue weighted by Gasteiger charge is -2.35. The van der Waals surface area contributed by atoms with Crippen molar-refractivity contribution in [1.82, 2.24) is 0 Å². The molecule has 0 atom stereocenters. The Balaban J connectivity index is 2.05. The van der Waals surface area contributed by atoms with E-state index in [1.807, 2.05) is 12.1 Å². The number of hydrogen-bond donors (Lipinski definition) is 1. The second-order valence-electron chi connectivity index (χ2n) is 6.07. The number of nitrogens with one attached hydrogen (secondary N) is 1. The number of rotatable bonds is 2. The molecule has 0 bridgehead atoms. The van der Waals surface area contributed by atoms with Gasteiger partial charge in [-0.25, -0.2) is 0 Å². The first-order valence-corrected chi connectivity index (χ1v) is 6.75. The van der Waals surface area contributed by atoms with Gasteiger partial charge in [0.15, 0.2) is 0 Å². The summed E-state index contributed by atoms with van der Waals surface area (Å²) in [6, 6.07) is 9.97. The Hall–Kier alpha value is -2.00. The molecule has 3 heteroatoms. The highest BCUT2D eigenvalue weighted by Crippen LogP contribution is 2.36. The maximum absolute atomic E-state index is 9.02. The topological polar surface area (TPSA) is 59.6 Å². The zero-order chi connectivity index (χ0) is 13.9. The summed E-state index contributed by atoms with van der Waals surface area (Å²) in [5, 5.41) is 21.4. The van der Waals surface area contributed by atoms with Crippen LogP contribution in [0.15, 0.2) is 18.2 Å². The molecule has 1 aliphatic carbocycles. The van der Waals surface area contributed by atoms with Gasteiger partial charge in [-0.1, -0.05) is 13.8 Å². The van der Waals surface area contributed by atoms with Gasteiger partial charge in [0.25, 0.3) is 0 Å². The van der Waals surface area contributed by atoms with Crippen LogP contribution in [0.4, 0.5) is 5.69 Å². The van der Waals surface area contributed by atoms with E-state index in [0.717, 1.165) is 18.5 Å². The Bertz CT molecular complexity index is 536. The molecule has 1 N–H and O–H groups in total. The van der Waals surface area contributed by atoms with Gasteiger partial charge in [-0.2, -0.15) is 10.5 Å². The minimum absolute atomic E-state index is 0.442. The van der Waals surface area contributed by atoms with Crippen LogP contribution in [0, 0.1) is 28.1 Å². The standard InChI is InChI=1S/C16H19N3/c1-16(2)7-5-14(6-8-16)19-15-4-3-12(10-17)13(9-15)11-18/h3-4,9,14,19H,5-8H2,1-2H3. The van der Waals surface area contributed by atoms with E-state index in [1.165, 1.54) is 12.8 Å². The van der Waals surface area contributed by atoms with E-state index in [9.17, 15) is 0 Å². The van der Waals surface area contributed by atoms with Gasteiger partial charge in [-0.05, 0) is 49.3 Å². The summed E-state index contributed by atoms with van der Waals surface area (Å²) < 4.78 is 0. The van der Waals surface area contributed by atoms with Crippen molar-refractivity contribution in [2.24, 2.45) is 5.41 Å². The Morgan fingerprint density at radius 3 is 2.32 bits per heavy atom. The van der Waals surface area contributed by atoms with Gasteiger partial charge in [0, 0.05) is 11.7 Å². The molecule has 1 aromatic carbocycles. The number of benzene rings is 1. The second kappa shape index (κ2) is 5.33. The lowest BCUT2D eigenvalue weighted by Crippen LogP contribution is -2.29. The molecule has 19 heavy (non-hydrogen) atoms. The fourth-order valence-electron chi connectivity index (χ4n) is 2.60. The van der Waals surface area contributed by atoms with E-state index in [2.05, 4.69) is 25.2 Å². The van der Waals surface area contributed by atoms with Crippen LogP contribution in [-0.2, 0) is 0 Å². The van der Waals surface area contributed by atoms with Gasteiger partial charge in [0.2, 0.25) is 0 Å². The van der Waals surface area contributed by atoms with E-state index in [1.54, 1.807) is 12.1 Å². The van der Waals surface area contributed by atoms with Crippen molar-refractivity contribution >= 4 is 5.69 Å². The third-order valence-electron chi connectivity index (χ3n) is 3.97. The van der Waals surface area contributed by atoms with Crippen LogP contribution in [-0.4, -0.2) is 6.04 Å². The summed E-state index contributed by atoms with van der Waals surface area (Å²) >= 11 is 0. The van der Waals surface area contributed by atoms with Crippen molar-refractivity contribution in [3.63, 3.8) is 0 Å². The summed E-state index contributed by atoms with van der Waals surface area (Å²) in [5.41, 5.74) is 2.29. The molecule has 1 fully saturated rings. The number of nitrogens with zero attached hydrogens (tertiary/aromatic N) is 2. The molecule has 3 nitrogen and oxygen atoms in total. The van der Waals surface area contributed by atoms with E-state index < -0.39 is 0 Å². The Kier molecular flexibility index (Phi) is 3.76. The molecular formula is C16H19N3. The van der Waals surface area contributed by atoms with Gasteiger partial charge in [0.1, 0.15) is 12.1 Å². The molecule has 0 aromatic heterocycles. The average Bonchev–Trinajstić information content (AvgIpc) is 2.41. The lowest BCUT2D eigenvalue weighted by molar-refractivity contribution is 0.232. The SMILES string of the molecule is CC1(C)CCC(Nc2ccc(C#N)c(C#N)c2)CC1. The zero-order valence-corrected chi connectivity index (χ0v) is 11.5. The van der Waals surface area contributed by atoms with Crippen molar-refractivity contribution in [2.75, 3.05) is 5.32 Å². The quantitative estimate of drug-likeness (QED) is 0.871. The summed E-state index contributed by atoms with van der Waals surface area (Å²) in [5.74, 6) is 0. The molecule has 0 saturated heterocycles.